The normalized spacial score (nSPS) is 43.7. The molecule has 7 nitrogen and oxygen atoms in total. The van der Waals surface area contributed by atoms with Gasteiger partial charge in [-0.15, -0.1) is 0 Å². The first-order valence-corrected chi connectivity index (χ1v) is 13.2. The molecule has 0 amide bonds. The molecule has 4 rings (SSSR count). The van der Waals surface area contributed by atoms with Crippen LogP contribution in [0.1, 0.15) is 66.7 Å². The molecule has 4 aliphatic rings. The van der Waals surface area contributed by atoms with Crippen molar-refractivity contribution in [1.29, 1.82) is 0 Å². The third-order valence-electron chi connectivity index (χ3n) is 9.88. The summed E-state index contributed by atoms with van der Waals surface area (Å²) >= 11 is 0. The Bertz CT molecular complexity index is 1130. The summed E-state index contributed by atoms with van der Waals surface area (Å²) in [5.74, 6) is -7.05. The summed E-state index contributed by atoms with van der Waals surface area (Å²) in [6, 6.07) is 0. The Balaban J connectivity index is 1.85. The maximum Gasteiger partial charge on any atom is 0.306 e. The van der Waals surface area contributed by atoms with Gasteiger partial charge in [0, 0.05) is 41.1 Å². The number of allylic oxidation sites excluding steroid dienone is 4. The monoisotopic (exact) mass is 540 g/mol. The number of hydrogen-bond donors (Lipinski definition) is 1. The first kappa shape index (κ1) is 28.5. The first-order valence-electron chi connectivity index (χ1n) is 13.2. The summed E-state index contributed by atoms with van der Waals surface area (Å²) in [4.78, 5) is 50.2. The molecule has 10 heteroatoms. The second kappa shape index (κ2) is 9.31. The predicted molar refractivity (Wildman–Crippen MR) is 129 cm³/mol. The quantitative estimate of drug-likeness (QED) is 0.507. The van der Waals surface area contributed by atoms with Gasteiger partial charge in [-0.05, 0) is 38.2 Å². The summed E-state index contributed by atoms with van der Waals surface area (Å²) < 4.78 is 58.9. The number of rotatable bonds is 6. The summed E-state index contributed by atoms with van der Waals surface area (Å²) in [5, 5.41) is 11.5. The highest BCUT2D eigenvalue weighted by Crippen LogP contribution is 2.72. The molecular weight excluding hydrogens is 505 g/mol. The topological polar surface area (TPSA) is 107 Å². The van der Waals surface area contributed by atoms with Crippen LogP contribution < -0.4 is 0 Å². The molecule has 0 radical (unpaired) electrons. The molecule has 3 fully saturated rings. The summed E-state index contributed by atoms with van der Waals surface area (Å²) in [7, 11) is 0. The summed E-state index contributed by atoms with van der Waals surface area (Å²) in [6.45, 7) is 7.00. The number of alkyl halides is 2. The van der Waals surface area contributed by atoms with Crippen molar-refractivity contribution in [2.75, 3.05) is 6.61 Å². The lowest BCUT2D eigenvalue weighted by Crippen LogP contribution is -2.71. The summed E-state index contributed by atoms with van der Waals surface area (Å²) in [6.07, 6.45) is -2.58. The van der Waals surface area contributed by atoms with Crippen molar-refractivity contribution in [3.05, 3.63) is 23.6 Å². The lowest BCUT2D eigenvalue weighted by atomic mass is 9.44. The molecule has 0 aromatic rings. The first-order chi connectivity index (χ1) is 17.6. The minimum Gasteiger partial charge on any atom is -0.457 e. The van der Waals surface area contributed by atoms with Crippen molar-refractivity contribution < 1.29 is 46.9 Å². The maximum atomic E-state index is 17.4. The number of Topliss-reactive ketones (excluding diaryl/α,β-unsaturated/α-hetero) is 1. The Morgan fingerprint density at radius 2 is 1.74 bits per heavy atom. The molecule has 0 aromatic carbocycles. The SMILES string of the molecule is CCC(=O)OCC(=O)[C@]1(OC(=O)CC)[C@H](C)C[C@H]2[C@@H]3C[C@H](F)C4=C(F)C(=O)C=C[C@]4(C)[C@@]3(F)[C@@H](O)C[C@@]21C. The average molecular weight is 541 g/mol. The highest BCUT2D eigenvalue weighted by molar-refractivity contribution is 6.04. The van der Waals surface area contributed by atoms with Crippen LogP contribution in [0.25, 0.3) is 0 Å². The largest absolute Gasteiger partial charge is 0.457 e. The number of ketones is 2. The van der Waals surface area contributed by atoms with Crippen LogP contribution in [0.15, 0.2) is 23.6 Å². The minimum atomic E-state index is -2.56. The highest BCUT2D eigenvalue weighted by Gasteiger charge is 2.78. The van der Waals surface area contributed by atoms with Gasteiger partial charge in [-0.2, -0.15) is 0 Å². The van der Waals surface area contributed by atoms with E-state index in [2.05, 4.69) is 0 Å². The van der Waals surface area contributed by atoms with Crippen LogP contribution in [0.4, 0.5) is 13.2 Å². The molecule has 38 heavy (non-hydrogen) atoms. The Morgan fingerprint density at radius 1 is 1.11 bits per heavy atom. The fraction of sp³-hybridized carbons (Fsp3) is 0.714. The van der Waals surface area contributed by atoms with E-state index < -0.39 is 100 Å². The van der Waals surface area contributed by atoms with Gasteiger partial charge in [0.25, 0.3) is 0 Å². The minimum absolute atomic E-state index is 0.0224. The molecule has 9 atom stereocenters. The van der Waals surface area contributed by atoms with Gasteiger partial charge in [-0.25, -0.2) is 13.2 Å². The van der Waals surface area contributed by atoms with Crippen LogP contribution in [0.5, 0.6) is 0 Å². The molecule has 4 aliphatic carbocycles. The van der Waals surface area contributed by atoms with Crippen LogP contribution in [0, 0.1) is 28.6 Å². The van der Waals surface area contributed by atoms with Gasteiger partial charge < -0.3 is 14.6 Å². The zero-order chi connectivity index (χ0) is 28.4. The second-order valence-electron chi connectivity index (χ2n) is 11.6. The molecule has 1 N–H and O–H groups in total. The van der Waals surface area contributed by atoms with Gasteiger partial charge in [0.05, 0.1) is 6.10 Å². The fourth-order valence-electron chi connectivity index (χ4n) is 8.09. The predicted octanol–water partition coefficient (Wildman–Crippen LogP) is 4.06. The van der Waals surface area contributed by atoms with Crippen LogP contribution in [0.3, 0.4) is 0 Å². The third-order valence-corrected chi connectivity index (χ3v) is 9.88. The number of ether oxygens (including phenoxy) is 2. The van der Waals surface area contributed by atoms with Crippen molar-refractivity contribution >= 4 is 23.5 Å². The van der Waals surface area contributed by atoms with Crippen molar-refractivity contribution in [1.82, 2.24) is 0 Å². The number of carbonyl (C=O) groups is 4. The molecule has 0 spiro atoms. The molecule has 0 heterocycles. The molecule has 0 unspecified atom stereocenters. The molecule has 0 aromatic heterocycles. The van der Waals surface area contributed by atoms with Crippen molar-refractivity contribution in [2.45, 2.75) is 90.3 Å². The molecule has 3 saturated carbocycles. The Morgan fingerprint density at radius 3 is 2.34 bits per heavy atom. The Labute approximate surface area is 219 Å². The van der Waals surface area contributed by atoms with Crippen molar-refractivity contribution in [2.24, 2.45) is 28.6 Å². The average Bonchev–Trinajstić information content (AvgIpc) is 3.08. The van der Waals surface area contributed by atoms with Crippen molar-refractivity contribution in [3.63, 3.8) is 0 Å². The number of esters is 2. The van der Waals surface area contributed by atoms with Gasteiger partial charge in [0.15, 0.2) is 23.7 Å². The maximum absolute atomic E-state index is 17.4. The fourth-order valence-corrected chi connectivity index (χ4v) is 8.09. The van der Waals surface area contributed by atoms with Gasteiger partial charge in [0.1, 0.15) is 6.17 Å². The van der Waals surface area contributed by atoms with E-state index in [4.69, 9.17) is 9.47 Å². The number of halogens is 3. The zero-order valence-corrected chi connectivity index (χ0v) is 22.3. The van der Waals surface area contributed by atoms with E-state index in [1.54, 1.807) is 27.7 Å². The Hall–Kier alpha value is -2.49. The number of fused-ring (bicyclic) bond motifs is 5. The number of aliphatic hydroxyl groups excluding tert-OH is 1. The van der Waals surface area contributed by atoms with Crippen molar-refractivity contribution in [3.8, 4) is 0 Å². The molecular formula is C28H35F3O7. The van der Waals surface area contributed by atoms with E-state index in [1.165, 1.54) is 6.92 Å². The number of aliphatic hydroxyl groups is 1. The van der Waals surface area contributed by atoms with E-state index in [-0.39, 0.29) is 25.7 Å². The van der Waals surface area contributed by atoms with Crippen LogP contribution in [0.2, 0.25) is 0 Å². The van der Waals surface area contributed by atoms with Gasteiger partial charge in [0.2, 0.25) is 11.6 Å². The van der Waals surface area contributed by atoms with Gasteiger partial charge in [-0.1, -0.05) is 33.8 Å². The standard InChI is InChI=1S/C28H35F3O7/c1-6-21(35)37-13-20(34)28(38-22(36)7-2)14(3)10-15-16-11-17(29)23-24(30)18(32)8-9-25(23,4)27(16,31)19(33)12-26(15,28)5/h8-9,14-17,19,33H,6-7,10-13H2,1-5H3/t14-,15+,16+,17+,19+,25+,26+,27+,28-/m1/s1. The second-order valence-corrected chi connectivity index (χ2v) is 11.6. The third kappa shape index (κ3) is 3.51. The lowest BCUT2D eigenvalue weighted by molar-refractivity contribution is -0.232. The number of carbonyl (C=O) groups excluding carboxylic acids is 4. The summed E-state index contributed by atoms with van der Waals surface area (Å²) in [5.41, 5.74) is -8.33. The van der Waals surface area contributed by atoms with Crippen LogP contribution in [-0.2, 0) is 28.7 Å². The number of hydrogen-bond acceptors (Lipinski definition) is 7. The highest BCUT2D eigenvalue weighted by atomic mass is 19.2. The Kier molecular flexibility index (Phi) is 6.99. The van der Waals surface area contributed by atoms with Gasteiger partial charge >= 0.3 is 11.9 Å². The zero-order valence-electron chi connectivity index (χ0n) is 22.3. The van der Waals surface area contributed by atoms with E-state index in [0.29, 0.717) is 0 Å². The molecule has 210 valence electrons. The lowest BCUT2D eigenvalue weighted by Gasteiger charge is -2.63. The molecule has 0 bridgehead atoms. The van der Waals surface area contributed by atoms with E-state index in [9.17, 15) is 28.7 Å². The van der Waals surface area contributed by atoms with E-state index in [1.807, 2.05) is 0 Å². The van der Waals surface area contributed by atoms with E-state index >= 15 is 8.78 Å². The van der Waals surface area contributed by atoms with Crippen LogP contribution >= 0.6 is 0 Å². The van der Waals surface area contributed by atoms with Gasteiger partial charge in [-0.3, -0.25) is 19.2 Å². The smallest absolute Gasteiger partial charge is 0.306 e. The van der Waals surface area contributed by atoms with Crippen LogP contribution in [-0.4, -0.2) is 58.8 Å². The van der Waals surface area contributed by atoms with E-state index in [0.717, 1.165) is 12.2 Å². The molecule has 0 aliphatic heterocycles. The molecule has 0 saturated heterocycles.